The van der Waals surface area contributed by atoms with Crippen LogP contribution in [0.5, 0.6) is 0 Å². The summed E-state index contributed by atoms with van der Waals surface area (Å²) in [4.78, 5) is 11.9. The maximum absolute atomic E-state index is 12.2. The third-order valence-corrected chi connectivity index (χ3v) is 6.87. The van der Waals surface area contributed by atoms with Gasteiger partial charge in [0.15, 0.2) is 9.86 Å². The van der Waals surface area contributed by atoms with Crippen LogP contribution in [0.4, 0.5) is 0 Å². The van der Waals surface area contributed by atoms with Gasteiger partial charge in [0.25, 0.3) is 0 Å². The zero-order valence-electron chi connectivity index (χ0n) is 9.14. The Labute approximate surface area is 102 Å². The van der Waals surface area contributed by atoms with Gasteiger partial charge in [0.2, 0.25) is 0 Å². The average molecular weight is 254 g/mol. The zero-order chi connectivity index (χ0) is 11.6. The first-order chi connectivity index (χ1) is 7.68. The Bertz CT molecular complexity index is 416. The van der Waals surface area contributed by atoms with E-state index in [-0.39, 0.29) is 5.78 Å². The van der Waals surface area contributed by atoms with Crippen molar-refractivity contribution in [2.24, 2.45) is 0 Å². The molecule has 16 heavy (non-hydrogen) atoms. The molecule has 0 unspecified atom stereocenters. The molecule has 2 nitrogen and oxygen atoms in total. The van der Waals surface area contributed by atoms with E-state index in [9.17, 15) is 9.00 Å². The number of hydrogen-bond acceptors (Lipinski definition) is 3. The Morgan fingerprint density at radius 2 is 2.06 bits per heavy atom. The highest BCUT2D eigenvalue weighted by atomic mass is 32.2. The summed E-state index contributed by atoms with van der Waals surface area (Å²) in [5.74, 6) is 1.53. The Hall–Kier alpha value is -0.610. The predicted octanol–water partition coefficient (Wildman–Crippen LogP) is 2.31. The van der Waals surface area contributed by atoms with Crippen LogP contribution < -0.4 is 0 Å². The van der Waals surface area contributed by atoms with Gasteiger partial charge in [-0.05, 0) is 24.7 Å². The molecule has 0 spiro atoms. The third kappa shape index (κ3) is 1.84. The van der Waals surface area contributed by atoms with Gasteiger partial charge in [-0.15, -0.1) is 11.8 Å². The van der Waals surface area contributed by atoms with Gasteiger partial charge < -0.3 is 0 Å². The molecule has 1 aliphatic heterocycles. The summed E-state index contributed by atoms with van der Waals surface area (Å²) in [7, 11) is -1.10. The van der Waals surface area contributed by atoms with Crippen LogP contribution in [0.15, 0.2) is 30.3 Å². The predicted molar refractivity (Wildman–Crippen MR) is 68.9 cm³/mol. The molecule has 0 aromatic heterocycles. The molecule has 1 aromatic rings. The van der Waals surface area contributed by atoms with E-state index < -0.39 is 14.9 Å². The number of rotatable bonds is 2. The average Bonchev–Trinajstić information content (AvgIpc) is 2.30. The van der Waals surface area contributed by atoms with Crippen molar-refractivity contribution in [1.29, 1.82) is 0 Å². The van der Waals surface area contributed by atoms with Gasteiger partial charge in [-0.3, -0.25) is 9.00 Å². The van der Waals surface area contributed by atoms with Crippen LogP contribution >= 0.6 is 11.8 Å². The Morgan fingerprint density at radius 3 is 2.62 bits per heavy atom. The Kier molecular flexibility index (Phi) is 3.50. The van der Waals surface area contributed by atoms with Crippen LogP contribution in [0.25, 0.3) is 0 Å². The van der Waals surface area contributed by atoms with E-state index in [1.807, 2.05) is 30.3 Å². The minimum Gasteiger partial charge on any atom is -0.297 e. The summed E-state index contributed by atoms with van der Waals surface area (Å²) >= 11 is 1.53. The molecular weight excluding hydrogens is 240 g/mol. The van der Waals surface area contributed by atoms with Crippen molar-refractivity contribution in [3.8, 4) is 0 Å². The lowest BCUT2D eigenvalue weighted by molar-refractivity contribution is -0.117. The fourth-order valence-corrected chi connectivity index (χ4v) is 5.66. The van der Waals surface area contributed by atoms with Gasteiger partial charge in [0.1, 0.15) is 0 Å². The molecule has 1 saturated heterocycles. The zero-order valence-corrected chi connectivity index (χ0v) is 10.8. The fourth-order valence-electron chi connectivity index (χ4n) is 1.95. The standard InChI is InChI=1S/C12H14O2S2/c1-10(13)12(11-6-3-2-4-7-11)15-8-5-9-16(12)14/h2-4,6-7H,5,8-9H2,1H3/t12-,16+/m0/s1. The van der Waals surface area contributed by atoms with Crippen molar-refractivity contribution in [2.45, 2.75) is 17.4 Å². The number of carbonyl (C=O) groups is 1. The molecule has 0 aliphatic carbocycles. The van der Waals surface area contributed by atoms with E-state index in [0.717, 1.165) is 17.7 Å². The molecule has 1 aliphatic rings. The molecule has 2 atom stereocenters. The van der Waals surface area contributed by atoms with Crippen LogP contribution in [0.3, 0.4) is 0 Å². The van der Waals surface area contributed by atoms with Crippen LogP contribution in [0, 0.1) is 0 Å². The molecule has 0 amide bonds. The molecule has 0 saturated carbocycles. The summed E-state index contributed by atoms with van der Waals surface area (Å²) < 4.78 is 11.4. The molecule has 4 heteroatoms. The number of ketones is 1. The smallest absolute Gasteiger partial charge is 0.174 e. The topological polar surface area (TPSA) is 34.1 Å². The van der Waals surface area contributed by atoms with Gasteiger partial charge in [-0.2, -0.15) is 0 Å². The molecule has 86 valence electrons. The monoisotopic (exact) mass is 254 g/mol. The molecule has 0 radical (unpaired) electrons. The van der Waals surface area contributed by atoms with Gasteiger partial charge in [0.05, 0.1) is 0 Å². The maximum Gasteiger partial charge on any atom is 0.174 e. The minimum absolute atomic E-state index is 0.00160. The molecule has 1 aromatic carbocycles. The maximum atomic E-state index is 12.2. The Balaban J connectivity index is 2.51. The van der Waals surface area contributed by atoms with Crippen molar-refractivity contribution >= 4 is 28.3 Å². The molecule has 0 N–H and O–H groups in total. The number of carbonyl (C=O) groups excluding carboxylic acids is 1. The van der Waals surface area contributed by atoms with Gasteiger partial charge >= 0.3 is 0 Å². The SMILES string of the molecule is CC(=O)[C@]1(c2ccccc2)SCCC[S@]1=O. The van der Waals surface area contributed by atoms with Crippen molar-refractivity contribution in [3.05, 3.63) is 35.9 Å². The van der Waals surface area contributed by atoms with Crippen LogP contribution in [-0.4, -0.2) is 21.5 Å². The summed E-state index contributed by atoms with van der Waals surface area (Å²) in [6, 6.07) is 9.50. The summed E-state index contributed by atoms with van der Waals surface area (Å²) in [5.41, 5.74) is 0.880. The fraction of sp³-hybridized carbons (Fsp3) is 0.417. The van der Waals surface area contributed by atoms with Gasteiger partial charge in [-0.25, -0.2) is 0 Å². The van der Waals surface area contributed by atoms with E-state index >= 15 is 0 Å². The van der Waals surface area contributed by atoms with Crippen LogP contribution in [0.1, 0.15) is 18.9 Å². The summed E-state index contributed by atoms with van der Waals surface area (Å²) in [6.45, 7) is 1.54. The highest BCUT2D eigenvalue weighted by Crippen LogP contribution is 2.44. The van der Waals surface area contributed by atoms with Crippen molar-refractivity contribution < 1.29 is 9.00 Å². The van der Waals surface area contributed by atoms with E-state index in [1.54, 1.807) is 6.92 Å². The van der Waals surface area contributed by atoms with E-state index in [4.69, 9.17) is 0 Å². The number of thioether (sulfide) groups is 1. The lowest BCUT2D eigenvalue weighted by Gasteiger charge is -2.33. The largest absolute Gasteiger partial charge is 0.297 e. The van der Waals surface area contributed by atoms with Crippen molar-refractivity contribution in [3.63, 3.8) is 0 Å². The lowest BCUT2D eigenvalue weighted by Crippen LogP contribution is -2.39. The van der Waals surface area contributed by atoms with E-state index in [2.05, 4.69) is 0 Å². The first kappa shape index (κ1) is 11.9. The minimum atomic E-state index is -1.10. The highest BCUT2D eigenvalue weighted by Gasteiger charge is 2.45. The van der Waals surface area contributed by atoms with Crippen LogP contribution in [-0.2, 0) is 19.7 Å². The van der Waals surface area contributed by atoms with Gasteiger partial charge in [0, 0.05) is 16.6 Å². The number of benzene rings is 1. The second-order valence-corrected chi connectivity index (χ2v) is 7.07. The normalized spacial score (nSPS) is 29.9. The first-order valence-electron chi connectivity index (χ1n) is 5.27. The summed E-state index contributed by atoms with van der Waals surface area (Å²) in [5, 5.41) is 0. The van der Waals surface area contributed by atoms with Crippen molar-refractivity contribution in [2.75, 3.05) is 11.5 Å². The lowest BCUT2D eigenvalue weighted by atomic mass is 10.1. The van der Waals surface area contributed by atoms with E-state index in [1.165, 1.54) is 11.8 Å². The molecule has 0 bridgehead atoms. The number of Topliss-reactive ketones (excluding diaryl/α,β-unsaturated/α-hetero) is 1. The first-order valence-corrected chi connectivity index (χ1v) is 7.57. The van der Waals surface area contributed by atoms with Crippen molar-refractivity contribution in [1.82, 2.24) is 0 Å². The van der Waals surface area contributed by atoms with E-state index in [0.29, 0.717) is 5.75 Å². The van der Waals surface area contributed by atoms with Crippen LogP contribution in [0.2, 0.25) is 0 Å². The third-order valence-electron chi connectivity index (χ3n) is 2.72. The molecule has 2 rings (SSSR count). The van der Waals surface area contributed by atoms with Gasteiger partial charge in [-0.1, -0.05) is 30.3 Å². The molecular formula is C12H14O2S2. The second kappa shape index (κ2) is 4.72. The second-order valence-electron chi connectivity index (χ2n) is 3.79. The molecule has 1 fully saturated rings. The summed E-state index contributed by atoms with van der Waals surface area (Å²) in [6.07, 6.45) is 0.930. The molecule has 1 heterocycles. The highest BCUT2D eigenvalue weighted by molar-refractivity contribution is 8.13. The Morgan fingerprint density at radius 1 is 1.38 bits per heavy atom. The quantitative estimate of drug-likeness (QED) is 0.812. The number of hydrogen-bond donors (Lipinski definition) is 0.